The fraction of sp³-hybridized carbons (Fsp3) is 0.412. The predicted octanol–water partition coefficient (Wildman–Crippen LogP) is -1.83. The Morgan fingerprint density at radius 2 is 1.66 bits per heavy atom. The number of ether oxygens (including phenoxy) is 1. The number of carbonyl (C=O) groups is 3. The first kappa shape index (κ1) is 25.8. The third-order valence-corrected chi connectivity index (χ3v) is 3.40. The molecule has 0 heterocycles. The van der Waals surface area contributed by atoms with Crippen LogP contribution in [0.25, 0.3) is 0 Å². The maximum atomic E-state index is 11.9. The van der Waals surface area contributed by atoms with E-state index in [0.29, 0.717) is 25.1 Å². The van der Waals surface area contributed by atoms with Crippen LogP contribution in [-0.4, -0.2) is 59.3 Å². The summed E-state index contributed by atoms with van der Waals surface area (Å²) in [5.41, 5.74) is 21.6. The number of esters is 1. The number of hydrogen-bond donors (Lipinski definition) is 8. The van der Waals surface area contributed by atoms with Gasteiger partial charge < -0.3 is 43.2 Å². The Morgan fingerprint density at radius 1 is 1.10 bits per heavy atom. The van der Waals surface area contributed by atoms with E-state index >= 15 is 0 Å². The SMILES string of the molecule is N=C(N)NCCC[C@H](N)C(=O)Oc1ccc(C[C@H](N)C(=O)O)cc1.NCC(=O)O. The van der Waals surface area contributed by atoms with Crippen molar-refractivity contribution >= 4 is 23.9 Å². The van der Waals surface area contributed by atoms with E-state index in [0.717, 1.165) is 5.56 Å². The van der Waals surface area contributed by atoms with E-state index in [4.69, 9.17) is 37.6 Å². The number of rotatable bonds is 10. The van der Waals surface area contributed by atoms with Crippen LogP contribution < -0.4 is 33.0 Å². The Morgan fingerprint density at radius 3 is 2.10 bits per heavy atom. The average molecular weight is 412 g/mol. The van der Waals surface area contributed by atoms with Crippen LogP contribution in [0.2, 0.25) is 0 Å². The number of benzene rings is 1. The highest BCUT2D eigenvalue weighted by Crippen LogP contribution is 2.14. The van der Waals surface area contributed by atoms with E-state index in [-0.39, 0.29) is 18.9 Å². The molecule has 0 aliphatic carbocycles. The molecule has 12 nitrogen and oxygen atoms in total. The number of carbonyl (C=O) groups excluding carboxylic acids is 1. The average Bonchev–Trinajstić information content (AvgIpc) is 2.66. The predicted molar refractivity (Wildman–Crippen MR) is 105 cm³/mol. The number of carboxylic acids is 2. The van der Waals surface area contributed by atoms with Crippen molar-refractivity contribution in [3.05, 3.63) is 29.8 Å². The Kier molecular flexibility index (Phi) is 12.3. The molecule has 0 spiro atoms. The standard InChI is InChI=1S/C15H23N5O4.C2H5NO2/c16-11(2-1-7-20-15(18)19)14(23)24-10-5-3-9(4-6-10)8-12(17)13(21)22;3-1-2(4)5/h3-6,11-12H,1-2,7-8,16-17H2,(H,21,22)(H4,18,19,20);1,3H2,(H,4,5)/t11-,12-;/m0./s1. The van der Waals surface area contributed by atoms with Crippen LogP contribution in [0, 0.1) is 5.41 Å². The van der Waals surface area contributed by atoms with Gasteiger partial charge in [0.2, 0.25) is 0 Å². The molecule has 0 saturated carbocycles. The molecule has 0 unspecified atom stereocenters. The van der Waals surface area contributed by atoms with Gasteiger partial charge in [0.15, 0.2) is 5.96 Å². The second-order valence-electron chi connectivity index (χ2n) is 5.90. The third kappa shape index (κ3) is 12.7. The molecule has 0 saturated heterocycles. The lowest BCUT2D eigenvalue weighted by Crippen LogP contribution is -2.36. The van der Waals surface area contributed by atoms with E-state index in [2.05, 4.69) is 11.1 Å². The first-order valence-electron chi connectivity index (χ1n) is 8.61. The largest absolute Gasteiger partial charge is 0.480 e. The summed E-state index contributed by atoms with van der Waals surface area (Å²) in [5, 5.41) is 26.0. The molecular weight excluding hydrogens is 384 g/mol. The van der Waals surface area contributed by atoms with Gasteiger partial charge in [-0.15, -0.1) is 0 Å². The van der Waals surface area contributed by atoms with Gasteiger partial charge in [-0.3, -0.25) is 15.0 Å². The zero-order valence-electron chi connectivity index (χ0n) is 15.8. The molecule has 0 aliphatic rings. The van der Waals surface area contributed by atoms with Gasteiger partial charge in [0.1, 0.15) is 17.8 Å². The maximum Gasteiger partial charge on any atom is 0.328 e. The number of guanidine groups is 1. The van der Waals surface area contributed by atoms with Crippen molar-refractivity contribution in [3.8, 4) is 5.75 Å². The normalized spacial score (nSPS) is 12.0. The summed E-state index contributed by atoms with van der Waals surface area (Å²) in [5.74, 6) is -2.41. The number of carboxylic acid groups (broad SMARTS) is 2. The minimum Gasteiger partial charge on any atom is -0.480 e. The van der Waals surface area contributed by atoms with Crippen LogP contribution in [0.15, 0.2) is 24.3 Å². The lowest BCUT2D eigenvalue weighted by Gasteiger charge is -2.12. The molecule has 162 valence electrons. The molecule has 0 amide bonds. The molecule has 0 aromatic heterocycles. The Hall–Kier alpha value is -3.22. The molecule has 2 atom stereocenters. The van der Waals surface area contributed by atoms with Crippen molar-refractivity contribution in [3.63, 3.8) is 0 Å². The van der Waals surface area contributed by atoms with Crippen molar-refractivity contribution in [2.75, 3.05) is 13.1 Å². The molecule has 29 heavy (non-hydrogen) atoms. The van der Waals surface area contributed by atoms with E-state index in [1.807, 2.05) is 0 Å². The molecule has 1 aromatic rings. The van der Waals surface area contributed by atoms with Crippen LogP contribution in [0.4, 0.5) is 0 Å². The van der Waals surface area contributed by atoms with Crippen LogP contribution in [0.1, 0.15) is 18.4 Å². The zero-order valence-corrected chi connectivity index (χ0v) is 15.8. The first-order chi connectivity index (χ1) is 13.6. The second kappa shape index (κ2) is 13.9. The van der Waals surface area contributed by atoms with E-state index in [1.165, 1.54) is 0 Å². The highest BCUT2D eigenvalue weighted by atomic mass is 16.5. The fourth-order valence-electron chi connectivity index (χ4n) is 1.89. The van der Waals surface area contributed by atoms with Gasteiger partial charge in [-0.2, -0.15) is 0 Å². The highest BCUT2D eigenvalue weighted by Gasteiger charge is 2.16. The van der Waals surface area contributed by atoms with Crippen molar-refractivity contribution in [1.29, 1.82) is 5.41 Å². The lowest BCUT2D eigenvalue weighted by atomic mass is 10.1. The van der Waals surface area contributed by atoms with Crippen LogP contribution in [0.3, 0.4) is 0 Å². The summed E-state index contributed by atoms with van der Waals surface area (Å²) in [4.78, 5) is 31.8. The van der Waals surface area contributed by atoms with Gasteiger partial charge in [-0.25, -0.2) is 4.79 Å². The van der Waals surface area contributed by atoms with Gasteiger partial charge in [-0.05, 0) is 37.0 Å². The zero-order chi connectivity index (χ0) is 22.4. The topological polar surface area (TPSA) is 241 Å². The Bertz CT molecular complexity index is 681. The molecule has 1 rings (SSSR count). The Balaban J connectivity index is 0.00000139. The third-order valence-electron chi connectivity index (χ3n) is 3.40. The van der Waals surface area contributed by atoms with Gasteiger partial charge in [0, 0.05) is 6.54 Å². The van der Waals surface area contributed by atoms with Crippen LogP contribution in [-0.2, 0) is 20.8 Å². The van der Waals surface area contributed by atoms with E-state index < -0.39 is 30.0 Å². The van der Waals surface area contributed by atoms with Crippen molar-refractivity contribution in [1.82, 2.24) is 5.32 Å². The molecule has 0 bridgehead atoms. The van der Waals surface area contributed by atoms with E-state index in [9.17, 15) is 14.4 Å². The summed E-state index contributed by atoms with van der Waals surface area (Å²) in [6, 6.07) is 4.66. The summed E-state index contributed by atoms with van der Waals surface area (Å²) in [6.45, 7) is 0.175. The maximum absolute atomic E-state index is 11.9. The number of aliphatic carboxylic acids is 2. The van der Waals surface area contributed by atoms with Gasteiger partial charge in [0.05, 0.1) is 6.54 Å². The summed E-state index contributed by atoms with van der Waals surface area (Å²) in [6.07, 6.45) is 1.15. The molecule has 0 fully saturated rings. The molecule has 1 aromatic carbocycles. The smallest absolute Gasteiger partial charge is 0.328 e. The van der Waals surface area contributed by atoms with Crippen molar-refractivity contribution in [2.24, 2.45) is 22.9 Å². The minimum absolute atomic E-state index is 0.131. The van der Waals surface area contributed by atoms with Gasteiger partial charge >= 0.3 is 17.9 Å². The summed E-state index contributed by atoms with van der Waals surface area (Å²) >= 11 is 0. The van der Waals surface area contributed by atoms with Crippen LogP contribution in [0.5, 0.6) is 5.75 Å². The van der Waals surface area contributed by atoms with Gasteiger partial charge in [0.25, 0.3) is 0 Å². The fourth-order valence-corrected chi connectivity index (χ4v) is 1.89. The number of nitrogens with two attached hydrogens (primary N) is 4. The van der Waals surface area contributed by atoms with Crippen molar-refractivity contribution in [2.45, 2.75) is 31.3 Å². The van der Waals surface area contributed by atoms with Crippen molar-refractivity contribution < 1.29 is 29.3 Å². The molecular formula is C17H28N6O6. The number of hydrogen-bond acceptors (Lipinski definition) is 8. The number of nitrogens with one attached hydrogen (secondary N) is 2. The quantitative estimate of drug-likeness (QED) is 0.0698. The highest BCUT2D eigenvalue weighted by molar-refractivity contribution is 5.78. The van der Waals surface area contributed by atoms with Crippen LogP contribution >= 0.6 is 0 Å². The van der Waals surface area contributed by atoms with E-state index in [1.54, 1.807) is 24.3 Å². The van der Waals surface area contributed by atoms with Gasteiger partial charge in [-0.1, -0.05) is 12.1 Å². The summed E-state index contributed by atoms with van der Waals surface area (Å²) in [7, 11) is 0. The summed E-state index contributed by atoms with van der Waals surface area (Å²) < 4.78 is 5.16. The lowest BCUT2D eigenvalue weighted by molar-refractivity contribution is -0.138. The molecule has 0 radical (unpaired) electrons. The monoisotopic (exact) mass is 412 g/mol. The molecule has 12 N–H and O–H groups in total. The molecule has 0 aliphatic heterocycles. The minimum atomic E-state index is -1.07. The first-order valence-corrected chi connectivity index (χ1v) is 8.61. The Labute approximate surface area is 167 Å². The molecule has 12 heteroatoms. The second-order valence-corrected chi connectivity index (χ2v) is 5.90.